The molecule has 0 aromatic rings. The van der Waals surface area contributed by atoms with E-state index in [1.54, 1.807) is 6.08 Å². The molecule has 1 atom stereocenters. The lowest BCUT2D eigenvalue weighted by molar-refractivity contribution is -0.121. The number of nitrogens with one attached hydrogen (secondary N) is 1. The number of rotatable bonds is 6. The topological polar surface area (TPSA) is 46.2 Å². The van der Waals surface area contributed by atoms with E-state index in [2.05, 4.69) is 5.32 Å². The highest BCUT2D eigenvalue weighted by atomic mass is 16.1. The summed E-state index contributed by atoms with van der Waals surface area (Å²) in [5, 5.41) is 2.83. The van der Waals surface area contributed by atoms with Crippen LogP contribution >= 0.6 is 0 Å². The number of amides is 1. The van der Waals surface area contributed by atoms with Gasteiger partial charge in [0.15, 0.2) is 5.78 Å². The van der Waals surface area contributed by atoms with Gasteiger partial charge >= 0.3 is 0 Å². The Labute approximate surface area is 91.9 Å². The van der Waals surface area contributed by atoms with Gasteiger partial charge in [0.2, 0.25) is 5.91 Å². The smallest absolute Gasteiger partial charge is 0.220 e. The summed E-state index contributed by atoms with van der Waals surface area (Å²) in [7, 11) is 0. The zero-order valence-electron chi connectivity index (χ0n) is 10.0. The highest BCUT2D eigenvalue weighted by molar-refractivity contribution is 5.87. The number of hydrogen-bond donors (Lipinski definition) is 1. The molecule has 0 spiro atoms. The van der Waals surface area contributed by atoms with Gasteiger partial charge in [-0.25, -0.2) is 0 Å². The molecule has 0 heterocycles. The Morgan fingerprint density at radius 3 is 2.33 bits per heavy atom. The summed E-state index contributed by atoms with van der Waals surface area (Å²) in [4.78, 5) is 22.0. The van der Waals surface area contributed by atoms with E-state index in [1.807, 2.05) is 26.8 Å². The molecule has 0 aromatic carbocycles. The highest BCUT2D eigenvalue weighted by Gasteiger charge is 2.05. The maximum Gasteiger partial charge on any atom is 0.220 e. The molecular formula is C12H21NO2. The summed E-state index contributed by atoms with van der Waals surface area (Å²) >= 11 is 0. The third-order valence-corrected chi connectivity index (χ3v) is 1.94. The van der Waals surface area contributed by atoms with Crippen molar-refractivity contribution in [1.82, 2.24) is 5.32 Å². The molecule has 1 unspecified atom stereocenters. The van der Waals surface area contributed by atoms with Crippen LogP contribution in [0.15, 0.2) is 12.2 Å². The van der Waals surface area contributed by atoms with Crippen LogP contribution in [-0.2, 0) is 9.59 Å². The van der Waals surface area contributed by atoms with Gasteiger partial charge in [0.1, 0.15) is 0 Å². The van der Waals surface area contributed by atoms with Crippen molar-refractivity contribution in [3.05, 3.63) is 12.2 Å². The number of ketones is 1. The fraction of sp³-hybridized carbons (Fsp3) is 0.667. The van der Waals surface area contributed by atoms with E-state index in [-0.39, 0.29) is 23.7 Å². The normalized spacial score (nSPS) is 13.1. The first-order chi connectivity index (χ1) is 6.91. The van der Waals surface area contributed by atoms with Gasteiger partial charge in [-0.1, -0.05) is 13.0 Å². The van der Waals surface area contributed by atoms with Crippen LogP contribution in [0, 0.1) is 5.92 Å². The van der Waals surface area contributed by atoms with E-state index in [0.717, 1.165) is 6.42 Å². The Balaban J connectivity index is 3.75. The monoisotopic (exact) mass is 211 g/mol. The number of allylic oxidation sites excluding steroid dienone is 2. The maximum absolute atomic E-state index is 11.3. The molecule has 86 valence electrons. The van der Waals surface area contributed by atoms with Crippen molar-refractivity contribution >= 4 is 11.7 Å². The summed E-state index contributed by atoms with van der Waals surface area (Å²) in [5.41, 5.74) is 0. The summed E-state index contributed by atoms with van der Waals surface area (Å²) < 4.78 is 0. The largest absolute Gasteiger partial charge is 0.354 e. The lowest BCUT2D eigenvalue weighted by Crippen LogP contribution is -2.30. The lowest BCUT2D eigenvalue weighted by atomic mass is 10.0. The van der Waals surface area contributed by atoms with Gasteiger partial charge in [0.05, 0.1) is 0 Å². The van der Waals surface area contributed by atoms with Gasteiger partial charge in [-0.15, -0.1) is 0 Å². The zero-order chi connectivity index (χ0) is 11.8. The SMILES string of the molecule is CC(=O)/C=C/C(C)CCC(=O)NC(C)C. The van der Waals surface area contributed by atoms with E-state index < -0.39 is 0 Å². The predicted molar refractivity (Wildman–Crippen MR) is 61.5 cm³/mol. The van der Waals surface area contributed by atoms with Crippen LogP contribution in [0.2, 0.25) is 0 Å². The van der Waals surface area contributed by atoms with Gasteiger partial charge in [0.25, 0.3) is 0 Å². The molecule has 0 aromatic heterocycles. The van der Waals surface area contributed by atoms with E-state index in [1.165, 1.54) is 6.92 Å². The Bertz CT molecular complexity index is 244. The summed E-state index contributed by atoms with van der Waals surface area (Å²) in [6.07, 6.45) is 4.71. The van der Waals surface area contributed by atoms with Crippen LogP contribution in [0.3, 0.4) is 0 Å². The van der Waals surface area contributed by atoms with Crippen LogP contribution in [0.4, 0.5) is 0 Å². The second-order valence-corrected chi connectivity index (χ2v) is 4.21. The molecular weight excluding hydrogens is 190 g/mol. The van der Waals surface area contributed by atoms with Crippen molar-refractivity contribution in [2.75, 3.05) is 0 Å². The van der Waals surface area contributed by atoms with Crippen LogP contribution < -0.4 is 5.32 Å². The van der Waals surface area contributed by atoms with Crippen molar-refractivity contribution in [1.29, 1.82) is 0 Å². The Morgan fingerprint density at radius 2 is 1.87 bits per heavy atom. The molecule has 0 aliphatic rings. The van der Waals surface area contributed by atoms with Crippen molar-refractivity contribution in [2.24, 2.45) is 5.92 Å². The van der Waals surface area contributed by atoms with Gasteiger partial charge < -0.3 is 5.32 Å². The van der Waals surface area contributed by atoms with Crippen molar-refractivity contribution in [3.63, 3.8) is 0 Å². The molecule has 3 heteroatoms. The second kappa shape index (κ2) is 7.21. The molecule has 3 nitrogen and oxygen atoms in total. The molecule has 0 rings (SSSR count). The van der Waals surface area contributed by atoms with E-state index in [4.69, 9.17) is 0 Å². The van der Waals surface area contributed by atoms with Gasteiger partial charge in [0, 0.05) is 12.5 Å². The van der Waals surface area contributed by atoms with Crippen LogP contribution in [0.1, 0.15) is 40.5 Å². The minimum Gasteiger partial charge on any atom is -0.354 e. The molecule has 0 saturated heterocycles. The molecule has 15 heavy (non-hydrogen) atoms. The fourth-order valence-electron chi connectivity index (χ4n) is 1.15. The summed E-state index contributed by atoms with van der Waals surface area (Å²) in [6.45, 7) is 7.41. The summed E-state index contributed by atoms with van der Waals surface area (Å²) in [6, 6.07) is 0.195. The standard InChI is InChI=1S/C12H21NO2/c1-9(2)13-12(15)8-6-10(3)5-7-11(4)14/h5,7,9-10H,6,8H2,1-4H3,(H,13,15)/b7-5+. The third kappa shape index (κ3) is 9.19. The lowest BCUT2D eigenvalue weighted by Gasteiger charge is -2.09. The average molecular weight is 211 g/mol. The third-order valence-electron chi connectivity index (χ3n) is 1.94. The number of carbonyl (C=O) groups excluding carboxylic acids is 2. The van der Waals surface area contributed by atoms with Crippen LogP contribution in [0.5, 0.6) is 0 Å². The van der Waals surface area contributed by atoms with Gasteiger partial charge in [-0.3, -0.25) is 9.59 Å². The zero-order valence-corrected chi connectivity index (χ0v) is 10.0. The average Bonchev–Trinajstić information content (AvgIpc) is 2.10. The van der Waals surface area contributed by atoms with Gasteiger partial charge in [-0.05, 0) is 39.2 Å². The quantitative estimate of drug-likeness (QED) is 0.684. The Kier molecular flexibility index (Phi) is 6.67. The van der Waals surface area contributed by atoms with E-state index >= 15 is 0 Å². The molecule has 0 bridgehead atoms. The first kappa shape index (κ1) is 13.9. The molecule has 0 saturated carbocycles. The van der Waals surface area contributed by atoms with Gasteiger partial charge in [-0.2, -0.15) is 0 Å². The Morgan fingerprint density at radius 1 is 1.27 bits per heavy atom. The molecule has 0 radical (unpaired) electrons. The van der Waals surface area contributed by atoms with Crippen LogP contribution in [0.25, 0.3) is 0 Å². The minimum absolute atomic E-state index is 0.0495. The second-order valence-electron chi connectivity index (χ2n) is 4.21. The predicted octanol–water partition coefficient (Wildman–Crippen LogP) is 2.07. The number of carbonyl (C=O) groups is 2. The molecule has 0 fully saturated rings. The first-order valence-corrected chi connectivity index (χ1v) is 5.40. The van der Waals surface area contributed by atoms with Crippen molar-refractivity contribution < 1.29 is 9.59 Å². The first-order valence-electron chi connectivity index (χ1n) is 5.40. The molecule has 0 aliphatic carbocycles. The van der Waals surface area contributed by atoms with E-state index in [0.29, 0.717) is 6.42 Å². The minimum atomic E-state index is 0.0495. The summed E-state index contributed by atoms with van der Waals surface area (Å²) in [5.74, 6) is 0.397. The van der Waals surface area contributed by atoms with E-state index in [9.17, 15) is 9.59 Å². The number of hydrogen-bond acceptors (Lipinski definition) is 2. The molecule has 1 N–H and O–H groups in total. The fourth-order valence-corrected chi connectivity index (χ4v) is 1.15. The van der Waals surface area contributed by atoms with Crippen LogP contribution in [-0.4, -0.2) is 17.7 Å². The highest BCUT2D eigenvalue weighted by Crippen LogP contribution is 2.07. The van der Waals surface area contributed by atoms with Crippen molar-refractivity contribution in [2.45, 2.75) is 46.6 Å². The Hall–Kier alpha value is -1.12. The maximum atomic E-state index is 11.3. The van der Waals surface area contributed by atoms with Crippen molar-refractivity contribution in [3.8, 4) is 0 Å². The molecule has 1 amide bonds. The molecule has 0 aliphatic heterocycles.